The predicted octanol–water partition coefficient (Wildman–Crippen LogP) is 2.88. The highest BCUT2D eigenvalue weighted by Gasteiger charge is 2.20. The maximum absolute atomic E-state index is 12.1. The number of carbonyl (C=O) groups excluding carboxylic acids is 2. The molecule has 0 aromatic heterocycles. The average molecular weight is 329 g/mol. The van der Waals surface area contributed by atoms with Gasteiger partial charge in [-0.05, 0) is 74.2 Å². The molecule has 0 saturated heterocycles. The summed E-state index contributed by atoms with van der Waals surface area (Å²) in [6.45, 7) is 6.76. The van der Waals surface area contributed by atoms with Gasteiger partial charge in [0, 0.05) is 5.69 Å². The van der Waals surface area contributed by atoms with Crippen LogP contribution in [0.15, 0.2) is 24.3 Å². The summed E-state index contributed by atoms with van der Waals surface area (Å²) in [6, 6.07) is 5.87. The fourth-order valence-corrected chi connectivity index (χ4v) is 2.53. The molecule has 2 aromatic carbocycles. The molecule has 0 unspecified atom stereocenters. The van der Waals surface area contributed by atoms with Gasteiger partial charge in [0.25, 0.3) is 0 Å². The standard InChI is InChI=1S/C18H19NO5/c1-9-5-13(20)6-10(2)15(9)19-17(22)18(23)24-16-11(3)7-14(21)8-12(16)4/h5-8,20-21H,1-4H3,(H,19,22). The minimum Gasteiger partial charge on any atom is -0.508 e. The first-order chi connectivity index (χ1) is 11.2. The Morgan fingerprint density at radius 2 is 1.25 bits per heavy atom. The number of carbonyl (C=O) groups is 2. The van der Waals surface area contributed by atoms with Gasteiger partial charge in [-0.2, -0.15) is 0 Å². The molecule has 24 heavy (non-hydrogen) atoms. The van der Waals surface area contributed by atoms with Crippen molar-refractivity contribution in [2.75, 3.05) is 5.32 Å². The molecular formula is C18H19NO5. The summed E-state index contributed by atoms with van der Waals surface area (Å²) in [6.07, 6.45) is 0. The number of hydrogen-bond donors (Lipinski definition) is 3. The third kappa shape index (κ3) is 3.65. The predicted molar refractivity (Wildman–Crippen MR) is 89.4 cm³/mol. The molecular weight excluding hydrogens is 310 g/mol. The van der Waals surface area contributed by atoms with Gasteiger partial charge in [-0.3, -0.25) is 4.79 Å². The molecule has 6 heteroatoms. The minimum atomic E-state index is -1.06. The first-order valence-electron chi connectivity index (χ1n) is 7.32. The second kappa shape index (κ2) is 6.62. The molecule has 2 aromatic rings. The lowest BCUT2D eigenvalue weighted by molar-refractivity contribution is -0.145. The van der Waals surface area contributed by atoms with E-state index in [1.54, 1.807) is 27.7 Å². The Hall–Kier alpha value is -3.02. The van der Waals surface area contributed by atoms with Crippen LogP contribution < -0.4 is 10.1 Å². The van der Waals surface area contributed by atoms with E-state index in [1.807, 2.05) is 0 Å². The van der Waals surface area contributed by atoms with Crippen molar-refractivity contribution in [3.05, 3.63) is 46.5 Å². The third-order valence-electron chi connectivity index (χ3n) is 3.58. The molecule has 126 valence electrons. The van der Waals surface area contributed by atoms with Crippen molar-refractivity contribution in [1.29, 1.82) is 0 Å². The average Bonchev–Trinajstić information content (AvgIpc) is 2.46. The Kier molecular flexibility index (Phi) is 4.78. The zero-order valence-corrected chi connectivity index (χ0v) is 13.9. The van der Waals surface area contributed by atoms with E-state index < -0.39 is 11.9 Å². The smallest absolute Gasteiger partial charge is 0.402 e. The van der Waals surface area contributed by atoms with Crippen molar-refractivity contribution >= 4 is 17.6 Å². The molecule has 2 rings (SSSR count). The molecule has 0 aliphatic carbocycles. The van der Waals surface area contributed by atoms with E-state index in [2.05, 4.69) is 5.32 Å². The van der Waals surface area contributed by atoms with Gasteiger partial charge in [-0.25, -0.2) is 4.79 Å². The summed E-state index contributed by atoms with van der Waals surface area (Å²) >= 11 is 0. The number of ether oxygens (including phenoxy) is 1. The van der Waals surface area contributed by atoms with Gasteiger partial charge in [0.05, 0.1) is 0 Å². The van der Waals surface area contributed by atoms with Crippen LogP contribution >= 0.6 is 0 Å². The van der Waals surface area contributed by atoms with Crippen LogP contribution in [0.4, 0.5) is 5.69 Å². The maximum Gasteiger partial charge on any atom is 0.402 e. The second-order valence-electron chi connectivity index (χ2n) is 5.71. The van der Waals surface area contributed by atoms with Gasteiger partial charge in [0.1, 0.15) is 17.2 Å². The summed E-state index contributed by atoms with van der Waals surface area (Å²) in [5.41, 5.74) is 2.81. The molecule has 0 atom stereocenters. The number of phenolic OH excluding ortho intramolecular Hbond substituents is 2. The molecule has 0 radical (unpaired) electrons. The van der Waals surface area contributed by atoms with Crippen LogP contribution in [0.2, 0.25) is 0 Å². The number of esters is 1. The maximum atomic E-state index is 12.1. The van der Waals surface area contributed by atoms with Gasteiger partial charge in [-0.15, -0.1) is 0 Å². The normalized spacial score (nSPS) is 10.3. The minimum absolute atomic E-state index is 0.0598. The van der Waals surface area contributed by atoms with Crippen LogP contribution in [0.5, 0.6) is 17.2 Å². The van der Waals surface area contributed by atoms with E-state index in [0.717, 1.165) is 0 Å². The zero-order valence-electron chi connectivity index (χ0n) is 13.9. The topological polar surface area (TPSA) is 95.9 Å². The summed E-state index contributed by atoms with van der Waals surface area (Å²) in [4.78, 5) is 24.1. The quantitative estimate of drug-likeness (QED) is 0.341. The molecule has 0 aliphatic rings. The number of phenols is 2. The first-order valence-corrected chi connectivity index (χ1v) is 7.32. The van der Waals surface area contributed by atoms with E-state index in [9.17, 15) is 19.8 Å². The largest absolute Gasteiger partial charge is 0.508 e. The number of aryl methyl sites for hydroxylation is 4. The van der Waals surface area contributed by atoms with Gasteiger partial charge in [0.2, 0.25) is 0 Å². The Morgan fingerprint density at radius 1 is 0.833 bits per heavy atom. The van der Waals surface area contributed by atoms with E-state index in [4.69, 9.17) is 4.74 Å². The fraction of sp³-hybridized carbons (Fsp3) is 0.222. The van der Waals surface area contributed by atoms with Crippen molar-refractivity contribution in [2.45, 2.75) is 27.7 Å². The van der Waals surface area contributed by atoms with Crippen LogP contribution in [0.1, 0.15) is 22.3 Å². The molecule has 3 N–H and O–H groups in total. The van der Waals surface area contributed by atoms with Gasteiger partial charge in [0.15, 0.2) is 0 Å². The highest BCUT2D eigenvalue weighted by molar-refractivity contribution is 6.38. The first kappa shape index (κ1) is 17.3. The molecule has 6 nitrogen and oxygen atoms in total. The second-order valence-corrected chi connectivity index (χ2v) is 5.71. The summed E-state index contributed by atoms with van der Waals surface area (Å²) in [7, 11) is 0. The van der Waals surface area contributed by atoms with Crippen LogP contribution in [0.3, 0.4) is 0 Å². The zero-order chi connectivity index (χ0) is 18.0. The SMILES string of the molecule is Cc1cc(O)cc(C)c1NC(=O)C(=O)Oc1c(C)cc(O)cc1C. The van der Waals surface area contributed by atoms with Gasteiger partial charge in [-0.1, -0.05) is 0 Å². The lowest BCUT2D eigenvalue weighted by Crippen LogP contribution is -2.28. The molecule has 0 saturated carbocycles. The highest BCUT2D eigenvalue weighted by atomic mass is 16.5. The number of benzene rings is 2. The van der Waals surface area contributed by atoms with Crippen molar-refractivity contribution < 1.29 is 24.5 Å². The molecule has 0 heterocycles. The van der Waals surface area contributed by atoms with Crippen LogP contribution in [-0.2, 0) is 9.59 Å². The van der Waals surface area contributed by atoms with Gasteiger partial charge < -0.3 is 20.3 Å². The van der Waals surface area contributed by atoms with Crippen LogP contribution in [-0.4, -0.2) is 22.1 Å². The molecule has 0 aliphatic heterocycles. The van der Waals surface area contributed by atoms with E-state index in [1.165, 1.54) is 24.3 Å². The Balaban J connectivity index is 2.19. The number of rotatable bonds is 2. The Bertz CT molecular complexity index is 711. The molecule has 0 bridgehead atoms. The third-order valence-corrected chi connectivity index (χ3v) is 3.58. The number of nitrogens with one attached hydrogen (secondary N) is 1. The lowest BCUT2D eigenvalue weighted by Gasteiger charge is -2.13. The van der Waals surface area contributed by atoms with E-state index in [-0.39, 0.29) is 17.2 Å². The van der Waals surface area contributed by atoms with Crippen molar-refractivity contribution in [2.24, 2.45) is 0 Å². The summed E-state index contributed by atoms with van der Waals surface area (Å²) in [5, 5.41) is 21.5. The highest BCUT2D eigenvalue weighted by Crippen LogP contribution is 2.28. The Morgan fingerprint density at radius 3 is 1.71 bits per heavy atom. The van der Waals surface area contributed by atoms with Crippen molar-refractivity contribution in [1.82, 2.24) is 0 Å². The monoisotopic (exact) mass is 329 g/mol. The number of amides is 1. The molecule has 0 spiro atoms. The fourth-order valence-electron chi connectivity index (χ4n) is 2.53. The summed E-state index contributed by atoms with van der Waals surface area (Å²) in [5.74, 6) is -1.59. The van der Waals surface area contributed by atoms with Crippen LogP contribution in [0.25, 0.3) is 0 Å². The van der Waals surface area contributed by atoms with Crippen molar-refractivity contribution in [3.63, 3.8) is 0 Å². The summed E-state index contributed by atoms with van der Waals surface area (Å²) < 4.78 is 5.16. The number of hydrogen-bond acceptors (Lipinski definition) is 5. The molecule has 0 fully saturated rings. The molecule has 1 amide bonds. The van der Waals surface area contributed by atoms with E-state index >= 15 is 0 Å². The van der Waals surface area contributed by atoms with Crippen molar-refractivity contribution in [3.8, 4) is 17.2 Å². The lowest BCUT2D eigenvalue weighted by atomic mass is 10.1. The van der Waals surface area contributed by atoms with Crippen LogP contribution in [0, 0.1) is 27.7 Å². The number of aromatic hydroxyl groups is 2. The van der Waals surface area contributed by atoms with Gasteiger partial charge >= 0.3 is 11.9 Å². The Labute approximate surface area is 139 Å². The number of anilines is 1. The van der Waals surface area contributed by atoms with E-state index in [0.29, 0.717) is 27.9 Å².